The summed E-state index contributed by atoms with van der Waals surface area (Å²) in [7, 11) is 0. The van der Waals surface area contributed by atoms with Crippen LogP contribution in [-0.4, -0.2) is 22.2 Å². The van der Waals surface area contributed by atoms with E-state index in [1.807, 2.05) is 0 Å². The molecule has 0 aromatic heterocycles. The summed E-state index contributed by atoms with van der Waals surface area (Å²) in [6.45, 7) is 9.15. The molecule has 0 aliphatic carbocycles. The van der Waals surface area contributed by atoms with Gasteiger partial charge in [-0.05, 0) is 0 Å². The Balaban J connectivity index is -0.000000312. The van der Waals surface area contributed by atoms with Crippen molar-refractivity contribution in [1.82, 2.24) is 0 Å². The van der Waals surface area contributed by atoms with Crippen molar-refractivity contribution in [2.75, 3.05) is 0 Å². The molecule has 0 bridgehead atoms. The Labute approximate surface area is 135 Å². The minimum absolute atomic E-state index is 0. The number of carboxylic acid groups (broad SMARTS) is 2. The normalized spacial score (nSPS) is 9.70. The Morgan fingerprint density at radius 3 is 1.75 bits per heavy atom. The van der Waals surface area contributed by atoms with Crippen LogP contribution in [0.25, 0.3) is 0 Å². The summed E-state index contributed by atoms with van der Waals surface area (Å²) >= 11 is 0. The molecule has 0 aromatic rings. The van der Waals surface area contributed by atoms with Gasteiger partial charge in [0.1, 0.15) is 6.42 Å². The zero-order chi connectivity index (χ0) is 15.3. The van der Waals surface area contributed by atoms with Gasteiger partial charge in [-0.3, -0.25) is 9.59 Å². The molecule has 0 amide bonds. The maximum absolute atomic E-state index is 9.43. The van der Waals surface area contributed by atoms with Crippen LogP contribution < -0.4 is 18.9 Å². The second kappa shape index (κ2) is 16.6. The fraction of sp³-hybridized carbons (Fsp3) is 0.800. The van der Waals surface area contributed by atoms with Crippen molar-refractivity contribution in [3.8, 4) is 0 Å². The second-order valence-electron chi connectivity index (χ2n) is 5.13. The number of hydrogen-bond acceptors (Lipinski definition) is 2. The number of rotatable bonds is 9. The van der Waals surface area contributed by atoms with Gasteiger partial charge in [0.2, 0.25) is 0 Å². The van der Waals surface area contributed by atoms with E-state index in [4.69, 9.17) is 10.2 Å². The summed E-state index contributed by atoms with van der Waals surface area (Å²) in [6.07, 6.45) is 7.58. The van der Waals surface area contributed by atoms with Crippen molar-refractivity contribution in [3.05, 3.63) is 5.92 Å². The van der Waals surface area contributed by atoms with E-state index in [0.717, 1.165) is 5.92 Å². The van der Waals surface area contributed by atoms with Gasteiger partial charge in [-0.25, -0.2) is 0 Å². The number of aliphatic carboxylic acids is 2. The Bertz CT molecular complexity index is 230. The average Bonchev–Trinajstić information content (AvgIpc) is 2.27. The number of carboxylic acids is 2. The van der Waals surface area contributed by atoms with E-state index in [1.54, 1.807) is 5.92 Å². The van der Waals surface area contributed by atoms with Crippen LogP contribution in [0.3, 0.4) is 0 Å². The largest absolute Gasteiger partial charge is 1.00 e. The van der Waals surface area contributed by atoms with E-state index < -0.39 is 18.4 Å². The Kier molecular flexibility index (Phi) is 20.4. The van der Waals surface area contributed by atoms with E-state index in [-0.39, 0.29) is 18.9 Å². The van der Waals surface area contributed by atoms with E-state index in [0.29, 0.717) is 0 Å². The SMILES string of the molecule is CCCCCCC[C-](C)C(C)C.O=C(O)CC(=O)O.[Li+]. The first-order valence-corrected chi connectivity index (χ1v) is 7.07. The molecule has 5 heteroatoms. The van der Waals surface area contributed by atoms with Crippen molar-refractivity contribution in [3.63, 3.8) is 0 Å². The molecular formula is C15H29LiO4. The summed E-state index contributed by atoms with van der Waals surface area (Å²) < 4.78 is 0. The summed E-state index contributed by atoms with van der Waals surface area (Å²) in [5, 5.41) is 15.4. The molecule has 0 fully saturated rings. The number of hydrogen-bond donors (Lipinski definition) is 2. The third kappa shape index (κ3) is 22.7. The molecule has 0 unspecified atom stereocenters. The molecular weight excluding hydrogens is 251 g/mol. The van der Waals surface area contributed by atoms with Crippen LogP contribution in [-0.2, 0) is 9.59 Å². The predicted octanol–water partition coefficient (Wildman–Crippen LogP) is 1.15. The fourth-order valence-corrected chi connectivity index (χ4v) is 1.43. The minimum Gasteiger partial charge on any atom is -0.481 e. The van der Waals surface area contributed by atoms with Gasteiger partial charge in [-0.2, -0.15) is 19.3 Å². The summed E-state index contributed by atoms with van der Waals surface area (Å²) in [5.74, 6) is -0.164. The molecule has 0 aliphatic rings. The minimum atomic E-state index is -1.31. The van der Waals surface area contributed by atoms with Gasteiger partial charge in [0.25, 0.3) is 0 Å². The van der Waals surface area contributed by atoms with Gasteiger partial charge < -0.3 is 16.1 Å². The van der Waals surface area contributed by atoms with E-state index >= 15 is 0 Å². The molecule has 0 atom stereocenters. The first-order chi connectivity index (χ1) is 8.81. The van der Waals surface area contributed by atoms with Crippen LogP contribution in [0.1, 0.15) is 72.6 Å². The van der Waals surface area contributed by atoms with E-state index in [9.17, 15) is 9.59 Å². The standard InChI is InChI=1S/C12H25.C3H4O4.Li/c1-5-6-7-8-9-10-12(4)11(2)3;4-2(5)1-3(6)7;/h11H,5-10H2,1-4H3;1H2,(H,4,5)(H,6,7);/q-1;;+1. The zero-order valence-corrected chi connectivity index (χ0v) is 13.7. The molecule has 2 N–H and O–H groups in total. The molecule has 4 nitrogen and oxygen atoms in total. The molecule has 0 saturated carbocycles. The predicted molar refractivity (Wildman–Crippen MR) is 77.0 cm³/mol. The molecule has 0 spiro atoms. The molecule has 0 rings (SSSR count). The van der Waals surface area contributed by atoms with Crippen LogP contribution in [0.2, 0.25) is 0 Å². The average molecular weight is 280 g/mol. The van der Waals surface area contributed by atoms with E-state index in [1.165, 1.54) is 38.5 Å². The fourth-order valence-electron chi connectivity index (χ4n) is 1.43. The maximum Gasteiger partial charge on any atom is 1.00 e. The number of carbonyl (C=O) groups is 2. The van der Waals surface area contributed by atoms with Crippen LogP contribution >= 0.6 is 0 Å². The van der Waals surface area contributed by atoms with E-state index in [2.05, 4.69) is 27.7 Å². The number of unbranched alkanes of at least 4 members (excludes halogenated alkanes) is 4. The van der Waals surface area contributed by atoms with Crippen LogP contribution in [0.5, 0.6) is 0 Å². The Morgan fingerprint density at radius 1 is 1.00 bits per heavy atom. The summed E-state index contributed by atoms with van der Waals surface area (Å²) in [4.78, 5) is 18.9. The molecule has 114 valence electrons. The molecule has 0 saturated heterocycles. The van der Waals surface area contributed by atoms with Gasteiger partial charge >= 0.3 is 30.8 Å². The van der Waals surface area contributed by atoms with Gasteiger partial charge in [0.05, 0.1) is 0 Å². The monoisotopic (exact) mass is 280 g/mol. The van der Waals surface area contributed by atoms with Crippen molar-refractivity contribution in [1.29, 1.82) is 0 Å². The third-order valence-electron chi connectivity index (χ3n) is 2.96. The third-order valence-corrected chi connectivity index (χ3v) is 2.96. The molecule has 0 heterocycles. The van der Waals surface area contributed by atoms with Crippen LogP contribution in [0.4, 0.5) is 0 Å². The van der Waals surface area contributed by atoms with Crippen molar-refractivity contribution in [2.45, 2.75) is 72.6 Å². The second-order valence-corrected chi connectivity index (χ2v) is 5.13. The van der Waals surface area contributed by atoms with Crippen molar-refractivity contribution < 1.29 is 38.7 Å². The zero-order valence-electron chi connectivity index (χ0n) is 13.7. The smallest absolute Gasteiger partial charge is 0.481 e. The van der Waals surface area contributed by atoms with Gasteiger partial charge in [-0.1, -0.05) is 52.9 Å². The topological polar surface area (TPSA) is 74.6 Å². The van der Waals surface area contributed by atoms with Crippen molar-refractivity contribution in [2.24, 2.45) is 5.92 Å². The molecule has 0 aromatic carbocycles. The maximum atomic E-state index is 9.43. The van der Waals surface area contributed by atoms with Crippen molar-refractivity contribution >= 4 is 11.9 Å². The first-order valence-electron chi connectivity index (χ1n) is 7.07. The summed E-state index contributed by atoms with van der Waals surface area (Å²) in [6, 6.07) is 0. The van der Waals surface area contributed by atoms with Gasteiger partial charge in [-0.15, -0.1) is 0 Å². The quantitative estimate of drug-likeness (QED) is 0.287. The Hall–Kier alpha value is -0.463. The summed E-state index contributed by atoms with van der Waals surface area (Å²) in [5.41, 5.74) is 0. The van der Waals surface area contributed by atoms with Crippen LogP contribution in [0, 0.1) is 11.8 Å². The molecule has 0 aliphatic heterocycles. The molecule has 20 heavy (non-hydrogen) atoms. The van der Waals surface area contributed by atoms with Gasteiger partial charge in [0.15, 0.2) is 0 Å². The molecule has 0 radical (unpaired) electrons. The van der Waals surface area contributed by atoms with Crippen LogP contribution in [0.15, 0.2) is 0 Å². The van der Waals surface area contributed by atoms with Gasteiger partial charge in [0, 0.05) is 0 Å². The Morgan fingerprint density at radius 2 is 1.45 bits per heavy atom. The first kappa shape index (κ1) is 24.5.